The Kier molecular flexibility index (Phi) is 5.02. The van der Waals surface area contributed by atoms with Crippen molar-refractivity contribution in [2.24, 2.45) is 4.99 Å². The van der Waals surface area contributed by atoms with Crippen molar-refractivity contribution >= 4 is 40.5 Å². The van der Waals surface area contributed by atoms with Gasteiger partial charge in [0.15, 0.2) is 11.6 Å². The molecule has 5 rings (SSSR count). The lowest BCUT2D eigenvalue weighted by Crippen LogP contribution is -2.47. The summed E-state index contributed by atoms with van der Waals surface area (Å²) in [6, 6.07) is 3.80. The SMILES string of the molecule is C/C=C\N=C(Nc1ncc2c(n1)N1CCC[C@@]1(CC)c1nnc(C)n1-2)c1ccc(Cl)s1. The van der Waals surface area contributed by atoms with Crippen LogP contribution < -0.4 is 10.2 Å². The van der Waals surface area contributed by atoms with Gasteiger partial charge in [0.1, 0.15) is 22.9 Å². The Morgan fingerprint density at radius 2 is 2.26 bits per heavy atom. The summed E-state index contributed by atoms with van der Waals surface area (Å²) >= 11 is 7.60. The Balaban J connectivity index is 1.59. The van der Waals surface area contributed by atoms with E-state index < -0.39 is 0 Å². The Bertz CT molecular complexity index is 1200. The van der Waals surface area contributed by atoms with Crippen LogP contribution in [0.3, 0.4) is 0 Å². The van der Waals surface area contributed by atoms with E-state index in [0.29, 0.717) is 16.1 Å². The minimum Gasteiger partial charge on any atom is -0.342 e. The maximum Gasteiger partial charge on any atom is 0.230 e. The summed E-state index contributed by atoms with van der Waals surface area (Å²) in [6.07, 6.45) is 8.53. The maximum absolute atomic E-state index is 6.15. The number of fused-ring (bicyclic) bond motifs is 6. The minimum atomic E-state index is -0.178. The number of hydrogen-bond acceptors (Lipinski definition) is 7. The molecule has 1 N–H and O–H groups in total. The number of hydrogen-bond donors (Lipinski definition) is 1. The molecule has 8 nitrogen and oxygen atoms in total. The average Bonchev–Trinajstić information content (AvgIpc) is 3.50. The molecule has 31 heavy (non-hydrogen) atoms. The lowest BCUT2D eigenvalue weighted by molar-refractivity contribution is 0.381. The van der Waals surface area contributed by atoms with E-state index in [2.05, 4.69) is 41.9 Å². The van der Waals surface area contributed by atoms with E-state index in [4.69, 9.17) is 16.6 Å². The zero-order valence-electron chi connectivity index (χ0n) is 17.6. The molecule has 3 aromatic rings. The molecule has 0 spiro atoms. The van der Waals surface area contributed by atoms with E-state index in [-0.39, 0.29) is 5.54 Å². The Morgan fingerprint density at radius 1 is 1.39 bits per heavy atom. The molecule has 0 bridgehead atoms. The van der Waals surface area contributed by atoms with Gasteiger partial charge < -0.3 is 10.2 Å². The predicted octanol–water partition coefficient (Wildman–Crippen LogP) is 4.69. The zero-order valence-corrected chi connectivity index (χ0v) is 19.2. The van der Waals surface area contributed by atoms with Crippen LogP contribution in [0.15, 0.2) is 35.6 Å². The molecule has 0 aromatic carbocycles. The highest BCUT2D eigenvalue weighted by atomic mass is 35.5. The molecule has 0 unspecified atom stereocenters. The molecule has 0 saturated carbocycles. The highest BCUT2D eigenvalue weighted by molar-refractivity contribution is 7.18. The van der Waals surface area contributed by atoms with Crippen LogP contribution in [-0.2, 0) is 5.54 Å². The third-order valence-electron chi connectivity index (χ3n) is 5.95. The molecule has 10 heteroatoms. The van der Waals surface area contributed by atoms with Crippen molar-refractivity contribution in [3.63, 3.8) is 0 Å². The molecule has 2 aliphatic heterocycles. The molecule has 1 saturated heterocycles. The van der Waals surface area contributed by atoms with E-state index in [0.717, 1.165) is 53.8 Å². The average molecular weight is 455 g/mol. The van der Waals surface area contributed by atoms with Crippen LogP contribution in [0.4, 0.5) is 11.8 Å². The highest BCUT2D eigenvalue weighted by Crippen LogP contribution is 2.49. The maximum atomic E-state index is 6.15. The van der Waals surface area contributed by atoms with E-state index in [1.807, 2.05) is 38.3 Å². The molecule has 2 aliphatic rings. The first-order chi connectivity index (χ1) is 15.1. The van der Waals surface area contributed by atoms with E-state index in [1.165, 1.54) is 11.3 Å². The number of nitrogens with one attached hydrogen (secondary N) is 1. The number of thiophene rings is 1. The molecule has 160 valence electrons. The fourth-order valence-electron chi connectivity index (χ4n) is 4.53. The number of rotatable bonds is 4. The largest absolute Gasteiger partial charge is 0.342 e. The summed E-state index contributed by atoms with van der Waals surface area (Å²) < 4.78 is 2.81. The van der Waals surface area contributed by atoms with Gasteiger partial charge in [-0.3, -0.25) is 4.57 Å². The quantitative estimate of drug-likeness (QED) is 0.454. The summed E-state index contributed by atoms with van der Waals surface area (Å²) in [5.74, 6) is 3.91. The lowest BCUT2D eigenvalue weighted by Gasteiger charge is -2.42. The molecular formula is C21H23ClN8S. The molecule has 0 amide bonds. The van der Waals surface area contributed by atoms with Crippen LogP contribution >= 0.6 is 22.9 Å². The molecule has 5 heterocycles. The Hall–Kier alpha value is -2.78. The fraction of sp³-hybridized carbons (Fsp3) is 0.381. The van der Waals surface area contributed by atoms with Crippen LogP contribution in [0.5, 0.6) is 0 Å². The van der Waals surface area contributed by atoms with Gasteiger partial charge in [-0.2, -0.15) is 4.98 Å². The van der Waals surface area contributed by atoms with Crippen LogP contribution in [-0.4, -0.2) is 37.1 Å². The number of aliphatic imine (C=N–C) groups is 1. The van der Waals surface area contributed by atoms with Gasteiger partial charge in [0.25, 0.3) is 0 Å². The standard InChI is InChI=1S/C21H23ClN8S/c1-4-10-23-17(15-7-8-16(22)31-15)25-20-24-12-14-18(26-20)29-11-6-9-21(29,5-2)19-28-27-13(3)30(14)19/h4,7-8,10,12H,5-6,9,11H2,1-3H3,(H,23,24,25,26)/b10-4-/t21-/m0/s1. The molecule has 0 radical (unpaired) electrons. The van der Waals surface area contributed by atoms with Gasteiger partial charge in [-0.15, -0.1) is 21.5 Å². The predicted molar refractivity (Wildman–Crippen MR) is 125 cm³/mol. The summed E-state index contributed by atoms with van der Waals surface area (Å²) in [4.78, 5) is 17.4. The van der Waals surface area contributed by atoms with Gasteiger partial charge in [-0.05, 0) is 45.2 Å². The Morgan fingerprint density at radius 3 is 3.00 bits per heavy atom. The van der Waals surface area contributed by atoms with Gasteiger partial charge in [-0.25, -0.2) is 9.98 Å². The van der Waals surface area contributed by atoms with Crippen molar-refractivity contribution in [2.45, 2.75) is 45.6 Å². The van der Waals surface area contributed by atoms with Crippen molar-refractivity contribution in [3.8, 4) is 5.69 Å². The summed E-state index contributed by atoms with van der Waals surface area (Å²) in [5, 5.41) is 12.2. The first-order valence-corrected chi connectivity index (χ1v) is 11.6. The van der Waals surface area contributed by atoms with Crippen LogP contribution in [0.2, 0.25) is 4.34 Å². The number of halogens is 1. The van der Waals surface area contributed by atoms with Crippen LogP contribution in [0.25, 0.3) is 5.69 Å². The van der Waals surface area contributed by atoms with E-state index in [9.17, 15) is 0 Å². The van der Waals surface area contributed by atoms with Gasteiger partial charge >= 0.3 is 0 Å². The second-order valence-corrected chi connectivity index (χ2v) is 9.35. The van der Waals surface area contributed by atoms with Gasteiger partial charge in [-0.1, -0.05) is 24.6 Å². The van der Waals surface area contributed by atoms with Gasteiger partial charge in [0, 0.05) is 12.7 Å². The molecule has 0 aliphatic carbocycles. The normalized spacial score (nSPS) is 20.1. The van der Waals surface area contributed by atoms with Crippen molar-refractivity contribution < 1.29 is 0 Å². The summed E-state index contributed by atoms with van der Waals surface area (Å²) in [5.41, 5.74) is 0.739. The number of nitrogens with zero attached hydrogens (tertiary/aromatic N) is 7. The number of allylic oxidation sites excluding steroid dienone is 1. The summed E-state index contributed by atoms with van der Waals surface area (Å²) in [6.45, 7) is 7.04. The molecule has 1 fully saturated rings. The second-order valence-electron chi connectivity index (χ2n) is 7.64. The van der Waals surface area contributed by atoms with E-state index in [1.54, 1.807) is 6.20 Å². The highest BCUT2D eigenvalue weighted by Gasteiger charge is 2.50. The second kappa shape index (κ2) is 7.72. The zero-order chi connectivity index (χ0) is 21.6. The third-order valence-corrected chi connectivity index (χ3v) is 7.19. The first kappa shape index (κ1) is 20.1. The summed E-state index contributed by atoms with van der Waals surface area (Å²) in [7, 11) is 0. The van der Waals surface area contributed by atoms with Gasteiger partial charge in [0.2, 0.25) is 5.95 Å². The van der Waals surface area contributed by atoms with Crippen molar-refractivity contribution in [1.82, 2.24) is 24.7 Å². The molecule has 3 aromatic heterocycles. The number of aromatic nitrogens is 5. The minimum absolute atomic E-state index is 0.178. The smallest absolute Gasteiger partial charge is 0.230 e. The monoisotopic (exact) mass is 454 g/mol. The molecule has 1 atom stereocenters. The third kappa shape index (κ3) is 3.14. The van der Waals surface area contributed by atoms with Crippen molar-refractivity contribution in [1.29, 1.82) is 0 Å². The lowest BCUT2D eigenvalue weighted by atomic mass is 9.90. The topological polar surface area (TPSA) is 84.1 Å². The number of anilines is 2. The van der Waals surface area contributed by atoms with Crippen molar-refractivity contribution in [3.05, 3.63) is 51.5 Å². The van der Waals surface area contributed by atoms with Crippen molar-refractivity contribution in [2.75, 3.05) is 16.8 Å². The Labute approximate surface area is 189 Å². The van der Waals surface area contributed by atoms with E-state index >= 15 is 0 Å². The van der Waals surface area contributed by atoms with Crippen LogP contribution in [0, 0.1) is 6.92 Å². The first-order valence-electron chi connectivity index (χ1n) is 10.4. The van der Waals surface area contributed by atoms with Crippen LogP contribution in [0.1, 0.15) is 49.6 Å². The number of amidine groups is 1. The fourth-order valence-corrected chi connectivity index (χ4v) is 5.53. The van der Waals surface area contributed by atoms with Gasteiger partial charge in [0.05, 0.1) is 15.4 Å². The molecular weight excluding hydrogens is 432 g/mol. The number of aryl methyl sites for hydroxylation is 1.